The van der Waals surface area contributed by atoms with Gasteiger partial charge in [-0.2, -0.15) is 0 Å². The monoisotopic (exact) mass is 123 g/mol. The minimum Gasteiger partial charge on any atom is -0.264 e. The van der Waals surface area contributed by atoms with E-state index in [0.29, 0.717) is 0 Å². The predicted molar refractivity (Wildman–Crippen MR) is 36.4 cm³/mol. The molecule has 2 heteroatoms. The Morgan fingerprint density at radius 2 is 2.89 bits per heavy atom. The molecule has 1 aromatic rings. The Morgan fingerprint density at radius 1 is 2.00 bits per heavy atom. The van der Waals surface area contributed by atoms with Crippen molar-refractivity contribution in [1.29, 1.82) is 5.41 Å². The molecular weight excluding hydrogens is 112 g/mol. The van der Waals surface area contributed by atoms with E-state index < -0.39 is 30.5 Å². The van der Waals surface area contributed by atoms with Crippen LogP contribution in [-0.4, -0.2) is 10.9 Å². The molecule has 0 saturated heterocycles. The molecule has 0 aliphatic carbocycles. The Bertz CT molecular complexity index is 436. The lowest BCUT2D eigenvalue weighted by molar-refractivity contribution is 1.32. The lowest BCUT2D eigenvalue weighted by Crippen LogP contribution is -1.71. The van der Waals surface area contributed by atoms with Crippen molar-refractivity contribution < 1.29 is 6.85 Å². The van der Waals surface area contributed by atoms with Gasteiger partial charge in [0.25, 0.3) is 0 Å². The van der Waals surface area contributed by atoms with E-state index in [9.17, 15) is 0 Å². The molecule has 0 bridgehead atoms. The maximum atomic E-state index is 7.38. The first-order valence-corrected chi connectivity index (χ1v) is 2.20. The first-order valence-electron chi connectivity index (χ1n) is 4.70. The van der Waals surface area contributed by atoms with Gasteiger partial charge in [-0.1, -0.05) is 6.04 Å². The van der Waals surface area contributed by atoms with Gasteiger partial charge >= 0.3 is 0 Å². The molecule has 9 heavy (non-hydrogen) atoms. The molecule has 1 heterocycles. The number of nitrogens with one attached hydrogen (secondary N) is 1. The summed E-state index contributed by atoms with van der Waals surface area (Å²) in [6, 6.07) is -1.35. The topological polar surface area (TPSA) is 36.7 Å². The number of hydrogen-bond donors (Lipinski definition) is 1. The molecule has 0 spiro atoms. The SMILES string of the molecule is [2H]C(=C=N)c1c([2H])nc([2H])c([2H])c1[2H]. The lowest BCUT2D eigenvalue weighted by Gasteiger charge is -1.84. The van der Waals surface area contributed by atoms with Crippen LogP contribution in [0.2, 0.25) is 0 Å². The van der Waals surface area contributed by atoms with Gasteiger partial charge in [-0.05, 0) is 11.9 Å². The minimum atomic E-state index is -0.471. The zero-order chi connectivity index (χ0) is 10.9. The van der Waals surface area contributed by atoms with Crippen LogP contribution in [0.5, 0.6) is 0 Å². The third-order valence-corrected chi connectivity index (χ3v) is 0.655. The van der Waals surface area contributed by atoms with Crippen LogP contribution in [-0.2, 0) is 0 Å². The van der Waals surface area contributed by atoms with Gasteiger partial charge in [0.15, 0.2) is 0 Å². The van der Waals surface area contributed by atoms with Crippen LogP contribution in [0.3, 0.4) is 0 Å². The highest BCUT2D eigenvalue weighted by atomic mass is 14.6. The smallest absolute Gasteiger partial charge is 0.0847 e. The van der Waals surface area contributed by atoms with E-state index in [1.807, 2.05) is 0 Å². The van der Waals surface area contributed by atoms with Gasteiger partial charge in [-0.3, -0.25) is 10.4 Å². The maximum absolute atomic E-state index is 7.38. The molecule has 0 aromatic carbocycles. The summed E-state index contributed by atoms with van der Waals surface area (Å²) in [4.78, 5) is 3.36. The summed E-state index contributed by atoms with van der Waals surface area (Å²) < 4.78 is 36.2. The van der Waals surface area contributed by atoms with Gasteiger partial charge in [0.2, 0.25) is 0 Å². The second-order valence-corrected chi connectivity index (χ2v) is 1.21. The zero-order valence-corrected chi connectivity index (χ0v) is 4.45. The number of nitrogens with zero attached hydrogens (tertiary/aromatic N) is 1. The second-order valence-electron chi connectivity index (χ2n) is 1.21. The van der Waals surface area contributed by atoms with Gasteiger partial charge in [0.1, 0.15) is 0 Å². The van der Waals surface area contributed by atoms with Crippen molar-refractivity contribution in [2.45, 2.75) is 0 Å². The molecule has 44 valence electrons. The predicted octanol–water partition coefficient (Wildman–Crippen LogP) is 1.34. The van der Waals surface area contributed by atoms with Crippen LogP contribution in [0.15, 0.2) is 24.4 Å². The molecule has 0 aliphatic heterocycles. The molecule has 0 atom stereocenters. The lowest BCUT2D eigenvalue weighted by atomic mass is 10.3. The Labute approximate surface area is 60.4 Å². The molecule has 2 nitrogen and oxygen atoms in total. The number of rotatable bonds is 1. The van der Waals surface area contributed by atoms with Crippen LogP contribution >= 0.6 is 0 Å². The average molecular weight is 123 g/mol. The van der Waals surface area contributed by atoms with Gasteiger partial charge in [-0.25, -0.2) is 0 Å². The Hall–Kier alpha value is -1.40. The van der Waals surface area contributed by atoms with Crippen LogP contribution in [0.4, 0.5) is 0 Å². The van der Waals surface area contributed by atoms with Crippen molar-refractivity contribution in [3.8, 4) is 0 Å². The third-order valence-electron chi connectivity index (χ3n) is 0.655. The number of pyridine rings is 1. The van der Waals surface area contributed by atoms with Crippen molar-refractivity contribution in [2.75, 3.05) is 0 Å². The van der Waals surface area contributed by atoms with Crippen molar-refractivity contribution in [3.05, 3.63) is 30.0 Å². The zero-order valence-electron chi connectivity index (χ0n) is 9.45. The van der Waals surface area contributed by atoms with E-state index in [0.717, 1.165) is 0 Å². The second kappa shape index (κ2) is 2.80. The van der Waals surface area contributed by atoms with Gasteiger partial charge in [-0.15, -0.1) is 0 Å². The van der Waals surface area contributed by atoms with E-state index in [4.69, 9.17) is 12.3 Å². The largest absolute Gasteiger partial charge is 0.264 e. The van der Waals surface area contributed by atoms with E-state index in [-0.39, 0.29) is 5.56 Å². The maximum Gasteiger partial charge on any atom is 0.0847 e. The van der Waals surface area contributed by atoms with E-state index in [1.165, 1.54) is 0 Å². The summed E-state index contributed by atoms with van der Waals surface area (Å²) in [5.41, 5.74) is -0.235. The number of hydrogen-bond acceptors (Lipinski definition) is 2. The van der Waals surface area contributed by atoms with Crippen LogP contribution < -0.4 is 0 Å². The molecule has 0 unspecified atom stereocenters. The molecule has 1 aromatic heterocycles. The van der Waals surface area contributed by atoms with E-state index in [1.54, 1.807) is 5.87 Å². The summed E-state index contributed by atoms with van der Waals surface area (Å²) in [7, 11) is 0. The number of aromatic nitrogens is 1. The molecule has 0 radical (unpaired) electrons. The Balaban J connectivity index is 3.60. The third kappa shape index (κ3) is 1.52. The quantitative estimate of drug-likeness (QED) is 0.562. The van der Waals surface area contributed by atoms with Crippen molar-refractivity contribution in [1.82, 2.24) is 4.98 Å². The van der Waals surface area contributed by atoms with Crippen LogP contribution in [0, 0.1) is 5.41 Å². The summed E-state index contributed by atoms with van der Waals surface area (Å²) in [5, 5.41) is 6.69. The summed E-state index contributed by atoms with van der Waals surface area (Å²) in [5.74, 6) is 1.72. The van der Waals surface area contributed by atoms with Crippen LogP contribution in [0.25, 0.3) is 6.05 Å². The fourth-order valence-electron chi connectivity index (χ4n) is 0.352. The van der Waals surface area contributed by atoms with E-state index in [2.05, 4.69) is 4.98 Å². The molecule has 0 aliphatic rings. The summed E-state index contributed by atoms with van der Waals surface area (Å²) in [6.45, 7) is 0. The standard InChI is InChI=1S/C7H6N2/c8-4-3-7-2-1-5-9-6-7/h1-3,5-6,8H/i1D,2D,3D,5D,6D. The molecule has 0 amide bonds. The summed E-state index contributed by atoms with van der Waals surface area (Å²) >= 11 is 0. The highest BCUT2D eigenvalue weighted by molar-refractivity contribution is 5.75. The Morgan fingerprint density at radius 3 is 3.67 bits per heavy atom. The highest BCUT2D eigenvalue weighted by Crippen LogP contribution is 1.93. The van der Waals surface area contributed by atoms with Crippen molar-refractivity contribution in [2.24, 2.45) is 0 Å². The minimum absolute atomic E-state index is 0.235. The molecular formula is C7H6N2. The molecule has 0 fully saturated rings. The summed E-state index contributed by atoms with van der Waals surface area (Å²) in [6.07, 6.45) is -0.915. The van der Waals surface area contributed by atoms with E-state index >= 15 is 0 Å². The van der Waals surface area contributed by atoms with Gasteiger partial charge < -0.3 is 0 Å². The van der Waals surface area contributed by atoms with Crippen molar-refractivity contribution >= 4 is 11.9 Å². The van der Waals surface area contributed by atoms with Crippen molar-refractivity contribution in [3.63, 3.8) is 0 Å². The fraction of sp³-hybridized carbons (Fsp3) is 0. The van der Waals surface area contributed by atoms with Gasteiger partial charge in [0, 0.05) is 24.0 Å². The first-order chi connectivity index (χ1) is 6.49. The fourth-order valence-corrected chi connectivity index (χ4v) is 0.352. The molecule has 1 rings (SSSR count). The normalized spacial score (nSPS) is 15.8. The molecule has 0 saturated carbocycles. The first kappa shape index (κ1) is 2.09. The average Bonchev–Trinajstić information content (AvgIpc) is 2.14. The van der Waals surface area contributed by atoms with Gasteiger partial charge in [0.05, 0.1) is 6.85 Å². The Kier molecular flexibility index (Phi) is 0.648. The van der Waals surface area contributed by atoms with Crippen LogP contribution in [0.1, 0.15) is 12.4 Å². The highest BCUT2D eigenvalue weighted by Gasteiger charge is 1.79. The molecule has 1 N–H and O–H groups in total.